The van der Waals surface area contributed by atoms with Crippen LogP contribution < -0.4 is 11.5 Å². The Kier molecular flexibility index (Phi) is 2.15. The molecule has 2 rings (SSSR count). The average molecular weight is 194 g/mol. The average Bonchev–Trinajstić information content (AvgIpc) is 2.75. The molecule has 0 aliphatic rings. The Balaban J connectivity index is 2.06. The maximum Gasteiger partial charge on any atom is 0.260 e. The van der Waals surface area contributed by atoms with Gasteiger partial charge < -0.3 is 21.0 Å². The molecule has 0 saturated heterocycles. The lowest BCUT2D eigenvalue weighted by molar-refractivity contribution is 0.354. The van der Waals surface area contributed by atoms with Crippen LogP contribution in [0.2, 0.25) is 0 Å². The van der Waals surface area contributed by atoms with E-state index in [1.807, 2.05) is 0 Å². The van der Waals surface area contributed by atoms with Gasteiger partial charge in [-0.15, -0.1) is 0 Å². The Labute approximate surface area is 79.5 Å². The molecule has 0 bridgehead atoms. The summed E-state index contributed by atoms with van der Waals surface area (Å²) in [6.45, 7) is 0. The number of rotatable bonds is 3. The van der Waals surface area contributed by atoms with Gasteiger partial charge in [-0.05, 0) is 5.16 Å². The third-order valence-corrected chi connectivity index (χ3v) is 1.77. The van der Waals surface area contributed by atoms with Crippen LogP contribution in [0.15, 0.2) is 17.0 Å². The fourth-order valence-corrected chi connectivity index (χ4v) is 1.12. The molecule has 0 spiro atoms. The summed E-state index contributed by atoms with van der Waals surface area (Å²) in [4.78, 5) is 10.6. The molecule has 2 aromatic heterocycles. The second-order valence-corrected chi connectivity index (χ2v) is 2.88. The summed E-state index contributed by atoms with van der Waals surface area (Å²) in [5.74, 6) is 0.428. The highest BCUT2D eigenvalue weighted by molar-refractivity contribution is 5.12. The molecule has 0 aliphatic heterocycles. The van der Waals surface area contributed by atoms with Gasteiger partial charge in [0.2, 0.25) is 5.89 Å². The number of aromatic amines is 1. The van der Waals surface area contributed by atoms with Crippen LogP contribution in [0.1, 0.15) is 17.6 Å². The fraction of sp³-hybridized carbons (Fsp3) is 0.286. The van der Waals surface area contributed by atoms with Crippen molar-refractivity contribution >= 4 is 5.95 Å². The predicted octanol–water partition coefficient (Wildman–Crippen LogP) is -0.383. The molecule has 0 radical (unpaired) electrons. The highest BCUT2D eigenvalue weighted by Gasteiger charge is 2.14. The van der Waals surface area contributed by atoms with Crippen molar-refractivity contribution in [2.24, 2.45) is 5.73 Å². The van der Waals surface area contributed by atoms with Crippen LogP contribution in [0.4, 0.5) is 5.95 Å². The first kappa shape index (κ1) is 8.70. The van der Waals surface area contributed by atoms with Crippen molar-refractivity contribution in [3.63, 3.8) is 0 Å². The third-order valence-electron chi connectivity index (χ3n) is 1.77. The number of hydrogen-bond acceptors (Lipinski definition) is 6. The number of nitrogens with two attached hydrogens (primary N) is 2. The van der Waals surface area contributed by atoms with Gasteiger partial charge in [-0.25, -0.2) is 4.98 Å². The highest BCUT2D eigenvalue weighted by Crippen LogP contribution is 2.12. The van der Waals surface area contributed by atoms with Crippen LogP contribution in [-0.2, 0) is 6.42 Å². The number of hydrogen-bond donors (Lipinski definition) is 3. The van der Waals surface area contributed by atoms with E-state index in [9.17, 15) is 0 Å². The van der Waals surface area contributed by atoms with E-state index in [2.05, 4.69) is 20.1 Å². The third kappa shape index (κ3) is 1.72. The molecule has 0 aliphatic carbocycles. The molecular weight excluding hydrogens is 184 g/mol. The Morgan fingerprint density at radius 3 is 3.00 bits per heavy atom. The van der Waals surface area contributed by atoms with E-state index in [4.69, 9.17) is 16.0 Å². The van der Waals surface area contributed by atoms with E-state index >= 15 is 0 Å². The zero-order chi connectivity index (χ0) is 9.97. The number of imidazole rings is 1. The smallest absolute Gasteiger partial charge is 0.260 e. The Morgan fingerprint density at radius 2 is 2.43 bits per heavy atom. The summed E-state index contributed by atoms with van der Waals surface area (Å²) >= 11 is 0. The first-order valence-corrected chi connectivity index (χ1v) is 4.07. The molecule has 0 amide bonds. The summed E-state index contributed by atoms with van der Waals surface area (Å²) in [6.07, 6.45) is 3.84. The lowest BCUT2D eigenvalue weighted by atomic mass is 10.2. The van der Waals surface area contributed by atoms with Gasteiger partial charge in [-0.3, -0.25) is 0 Å². The van der Waals surface area contributed by atoms with Gasteiger partial charge in [-0.2, -0.15) is 4.98 Å². The minimum absolute atomic E-state index is 0.0973. The molecule has 7 nitrogen and oxygen atoms in total. The van der Waals surface area contributed by atoms with E-state index in [-0.39, 0.29) is 12.0 Å². The van der Waals surface area contributed by atoms with Crippen molar-refractivity contribution in [3.05, 3.63) is 24.1 Å². The SMILES string of the molecule is Nc1noc(C(N)Cc2cnc[nH]2)n1. The number of anilines is 1. The van der Waals surface area contributed by atoms with Crippen molar-refractivity contribution in [3.8, 4) is 0 Å². The number of aromatic nitrogens is 4. The normalized spacial score (nSPS) is 12.9. The van der Waals surface area contributed by atoms with Crippen LogP contribution in [0.5, 0.6) is 0 Å². The Hall–Kier alpha value is -1.89. The van der Waals surface area contributed by atoms with Crippen molar-refractivity contribution in [1.29, 1.82) is 0 Å². The second kappa shape index (κ2) is 3.46. The monoisotopic (exact) mass is 194 g/mol. The van der Waals surface area contributed by atoms with E-state index in [0.717, 1.165) is 5.69 Å². The van der Waals surface area contributed by atoms with Crippen molar-refractivity contribution < 1.29 is 4.52 Å². The Bertz CT molecular complexity index is 394. The molecule has 1 unspecified atom stereocenters. The molecule has 7 heteroatoms. The van der Waals surface area contributed by atoms with Gasteiger partial charge in [0.25, 0.3) is 5.95 Å². The Morgan fingerprint density at radius 1 is 1.57 bits per heavy atom. The first-order valence-electron chi connectivity index (χ1n) is 4.07. The predicted molar refractivity (Wildman–Crippen MR) is 47.9 cm³/mol. The van der Waals surface area contributed by atoms with Gasteiger partial charge in [0, 0.05) is 18.3 Å². The lowest BCUT2D eigenvalue weighted by Crippen LogP contribution is -2.14. The van der Waals surface area contributed by atoms with Crippen LogP contribution in [0.3, 0.4) is 0 Å². The topological polar surface area (TPSA) is 120 Å². The molecule has 0 saturated carbocycles. The molecule has 2 heterocycles. The maximum absolute atomic E-state index is 5.80. The van der Waals surface area contributed by atoms with Crippen molar-refractivity contribution in [1.82, 2.24) is 20.1 Å². The van der Waals surface area contributed by atoms with Gasteiger partial charge in [0.15, 0.2) is 0 Å². The molecule has 74 valence electrons. The minimum atomic E-state index is -0.361. The molecule has 14 heavy (non-hydrogen) atoms. The number of nitrogens with zero attached hydrogens (tertiary/aromatic N) is 3. The summed E-state index contributed by atoms with van der Waals surface area (Å²) in [5.41, 5.74) is 12.0. The van der Waals surface area contributed by atoms with Gasteiger partial charge in [-0.1, -0.05) is 0 Å². The maximum atomic E-state index is 5.80. The number of H-pyrrole nitrogens is 1. The van der Waals surface area contributed by atoms with E-state index in [0.29, 0.717) is 12.3 Å². The molecule has 1 atom stereocenters. The van der Waals surface area contributed by atoms with Crippen LogP contribution >= 0.6 is 0 Å². The lowest BCUT2D eigenvalue weighted by Gasteiger charge is -2.03. The highest BCUT2D eigenvalue weighted by atomic mass is 16.5. The zero-order valence-corrected chi connectivity index (χ0v) is 7.34. The molecular formula is C7H10N6O. The summed E-state index contributed by atoms with van der Waals surface area (Å²) in [5, 5.41) is 3.45. The standard InChI is InChI=1S/C7H10N6O/c8-5(1-4-2-10-3-11-4)6-12-7(9)13-14-6/h2-3,5H,1,8H2,(H2,9,13)(H,10,11). The summed E-state index contributed by atoms with van der Waals surface area (Å²) in [6, 6.07) is -0.361. The molecule has 0 aromatic carbocycles. The number of nitrogens with one attached hydrogen (secondary N) is 1. The van der Waals surface area contributed by atoms with Crippen molar-refractivity contribution in [2.75, 3.05) is 5.73 Å². The summed E-state index contributed by atoms with van der Waals surface area (Å²) < 4.78 is 4.83. The summed E-state index contributed by atoms with van der Waals surface area (Å²) in [7, 11) is 0. The second-order valence-electron chi connectivity index (χ2n) is 2.88. The van der Waals surface area contributed by atoms with E-state index in [1.54, 1.807) is 12.5 Å². The van der Waals surface area contributed by atoms with E-state index in [1.165, 1.54) is 0 Å². The molecule has 2 aromatic rings. The van der Waals surface area contributed by atoms with Crippen LogP contribution in [-0.4, -0.2) is 20.1 Å². The quantitative estimate of drug-likeness (QED) is 0.612. The molecule has 5 N–H and O–H groups in total. The van der Waals surface area contributed by atoms with Crippen LogP contribution in [0.25, 0.3) is 0 Å². The van der Waals surface area contributed by atoms with Gasteiger partial charge in [0.1, 0.15) is 0 Å². The minimum Gasteiger partial charge on any atom is -0.365 e. The van der Waals surface area contributed by atoms with Gasteiger partial charge >= 0.3 is 0 Å². The van der Waals surface area contributed by atoms with Gasteiger partial charge in [0.05, 0.1) is 12.4 Å². The van der Waals surface area contributed by atoms with Crippen molar-refractivity contribution in [2.45, 2.75) is 12.5 Å². The molecule has 0 fully saturated rings. The van der Waals surface area contributed by atoms with Crippen LogP contribution in [0, 0.1) is 0 Å². The first-order chi connectivity index (χ1) is 6.75. The fourth-order valence-electron chi connectivity index (χ4n) is 1.12. The zero-order valence-electron chi connectivity index (χ0n) is 7.34. The van der Waals surface area contributed by atoms with E-state index < -0.39 is 0 Å². The number of nitrogen functional groups attached to an aromatic ring is 1. The largest absolute Gasteiger partial charge is 0.365 e.